The van der Waals surface area contributed by atoms with E-state index in [9.17, 15) is 4.79 Å². The van der Waals surface area contributed by atoms with Crippen molar-refractivity contribution in [1.29, 1.82) is 0 Å². The second-order valence-electron chi connectivity index (χ2n) is 7.82. The van der Waals surface area contributed by atoms with Crippen molar-refractivity contribution in [2.75, 3.05) is 0 Å². The molecule has 0 spiro atoms. The highest BCUT2D eigenvalue weighted by Gasteiger charge is 2.18. The normalized spacial score (nSPS) is 11.7. The third-order valence-electron chi connectivity index (χ3n) is 4.68. The van der Waals surface area contributed by atoms with Crippen molar-refractivity contribution in [3.05, 3.63) is 70.7 Å². The molecular weight excluding hydrogens is 322 g/mol. The van der Waals surface area contributed by atoms with E-state index in [0.717, 1.165) is 28.9 Å². The SMILES string of the molecule is CCc1nc2cc(C)ccn2c1C(=O)NCc1ccc(C(C)(C)C)cc1. The van der Waals surface area contributed by atoms with Gasteiger partial charge in [-0.2, -0.15) is 0 Å². The Bertz CT molecular complexity index is 930. The van der Waals surface area contributed by atoms with E-state index in [2.05, 4.69) is 55.3 Å². The van der Waals surface area contributed by atoms with Gasteiger partial charge >= 0.3 is 0 Å². The van der Waals surface area contributed by atoms with Gasteiger partial charge in [0.2, 0.25) is 0 Å². The molecule has 2 heterocycles. The summed E-state index contributed by atoms with van der Waals surface area (Å²) >= 11 is 0. The lowest BCUT2D eigenvalue weighted by Crippen LogP contribution is -2.25. The van der Waals surface area contributed by atoms with E-state index in [-0.39, 0.29) is 11.3 Å². The number of nitrogens with zero attached hydrogens (tertiary/aromatic N) is 2. The number of rotatable bonds is 4. The summed E-state index contributed by atoms with van der Waals surface area (Å²) in [5, 5.41) is 3.04. The Morgan fingerprint density at radius 3 is 2.46 bits per heavy atom. The fraction of sp³-hybridized carbons (Fsp3) is 0.364. The molecule has 0 saturated carbocycles. The van der Waals surface area contributed by atoms with Crippen LogP contribution in [0.5, 0.6) is 0 Å². The molecule has 0 atom stereocenters. The summed E-state index contributed by atoms with van der Waals surface area (Å²) in [5.41, 5.74) is 5.93. The number of pyridine rings is 1. The standard InChI is InChI=1S/C22H27N3O/c1-6-18-20(25-12-11-15(2)13-19(25)24-18)21(26)23-14-16-7-9-17(10-8-16)22(3,4)5/h7-13H,6,14H2,1-5H3,(H,23,26). The third-order valence-corrected chi connectivity index (χ3v) is 4.68. The van der Waals surface area contributed by atoms with Crippen LogP contribution in [0.4, 0.5) is 0 Å². The maximum absolute atomic E-state index is 12.8. The van der Waals surface area contributed by atoms with Crippen molar-refractivity contribution in [1.82, 2.24) is 14.7 Å². The summed E-state index contributed by atoms with van der Waals surface area (Å²) in [7, 11) is 0. The van der Waals surface area contributed by atoms with Gasteiger partial charge in [-0.3, -0.25) is 9.20 Å². The molecule has 136 valence electrons. The molecule has 0 fully saturated rings. The first-order valence-corrected chi connectivity index (χ1v) is 9.15. The first-order valence-electron chi connectivity index (χ1n) is 9.15. The first-order chi connectivity index (χ1) is 12.3. The predicted molar refractivity (Wildman–Crippen MR) is 106 cm³/mol. The zero-order valence-corrected chi connectivity index (χ0v) is 16.3. The van der Waals surface area contributed by atoms with Crippen molar-refractivity contribution in [3.8, 4) is 0 Å². The first kappa shape index (κ1) is 18.2. The Balaban J connectivity index is 1.79. The molecule has 0 unspecified atom stereocenters. The van der Waals surface area contributed by atoms with Crippen LogP contribution in [-0.4, -0.2) is 15.3 Å². The van der Waals surface area contributed by atoms with Crippen LogP contribution >= 0.6 is 0 Å². The van der Waals surface area contributed by atoms with Crippen LogP contribution in [0.15, 0.2) is 42.6 Å². The second kappa shape index (κ2) is 6.94. The number of aryl methyl sites for hydroxylation is 2. The maximum Gasteiger partial charge on any atom is 0.270 e. The van der Waals surface area contributed by atoms with Gasteiger partial charge in [-0.05, 0) is 47.6 Å². The number of fused-ring (bicyclic) bond motifs is 1. The van der Waals surface area contributed by atoms with Crippen LogP contribution in [0, 0.1) is 6.92 Å². The monoisotopic (exact) mass is 349 g/mol. The average Bonchev–Trinajstić information content (AvgIpc) is 2.97. The van der Waals surface area contributed by atoms with Gasteiger partial charge < -0.3 is 5.32 Å². The Morgan fingerprint density at radius 1 is 1.15 bits per heavy atom. The molecule has 1 aromatic carbocycles. The lowest BCUT2D eigenvalue weighted by Gasteiger charge is -2.19. The van der Waals surface area contributed by atoms with E-state index < -0.39 is 0 Å². The molecule has 1 amide bonds. The molecule has 4 heteroatoms. The second-order valence-corrected chi connectivity index (χ2v) is 7.82. The minimum atomic E-state index is -0.0851. The minimum Gasteiger partial charge on any atom is -0.347 e. The number of hydrogen-bond acceptors (Lipinski definition) is 2. The molecule has 3 aromatic rings. The largest absolute Gasteiger partial charge is 0.347 e. The zero-order chi connectivity index (χ0) is 18.9. The van der Waals surface area contributed by atoms with Gasteiger partial charge in [0.25, 0.3) is 5.91 Å². The minimum absolute atomic E-state index is 0.0851. The molecule has 0 aliphatic heterocycles. The lowest BCUT2D eigenvalue weighted by atomic mass is 9.87. The summed E-state index contributed by atoms with van der Waals surface area (Å²) in [6, 6.07) is 12.4. The molecule has 2 aromatic heterocycles. The van der Waals surface area contributed by atoms with Crippen LogP contribution in [0.1, 0.15) is 60.6 Å². The Labute approximate surface area is 155 Å². The lowest BCUT2D eigenvalue weighted by molar-refractivity contribution is 0.0944. The van der Waals surface area contributed by atoms with Crippen LogP contribution in [0.2, 0.25) is 0 Å². The molecule has 26 heavy (non-hydrogen) atoms. The van der Waals surface area contributed by atoms with E-state index in [1.54, 1.807) is 0 Å². The van der Waals surface area contributed by atoms with Gasteiger partial charge in [-0.1, -0.05) is 52.0 Å². The van der Waals surface area contributed by atoms with Crippen molar-refractivity contribution < 1.29 is 4.79 Å². The van der Waals surface area contributed by atoms with Gasteiger partial charge in [-0.15, -0.1) is 0 Å². The molecule has 0 radical (unpaired) electrons. The molecule has 0 aliphatic rings. The van der Waals surface area contributed by atoms with Crippen LogP contribution in [-0.2, 0) is 18.4 Å². The van der Waals surface area contributed by atoms with Gasteiger partial charge in [0.15, 0.2) is 0 Å². The summed E-state index contributed by atoms with van der Waals surface area (Å²) in [6.45, 7) is 11.1. The third kappa shape index (κ3) is 3.64. The van der Waals surface area contributed by atoms with E-state index in [4.69, 9.17) is 0 Å². The molecule has 0 bridgehead atoms. The number of aromatic nitrogens is 2. The number of nitrogens with one attached hydrogen (secondary N) is 1. The van der Waals surface area contributed by atoms with Crippen LogP contribution in [0.3, 0.4) is 0 Å². The Hall–Kier alpha value is -2.62. The fourth-order valence-electron chi connectivity index (χ4n) is 3.07. The van der Waals surface area contributed by atoms with E-state index in [0.29, 0.717) is 12.2 Å². The summed E-state index contributed by atoms with van der Waals surface area (Å²) in [6.07, 6.45) is 2.65. The summed E-state index contributed by atoms with van der Waals surface area (Å²) in [4.78, 5) is 17.4. The number of imidazole rings is 1. The molecular formula is C22H27N3O. The van der Waals surface area contributed by atoms with Crippen molar-refractivity contribution >= 4 is 11.6 Å². The number of benzene rings is 1. The van der Waals surface area contributed by atoms with Gasteiger partial charge in [-0.25, -0.2) is 4.98 Å². The smallest absolute Gasteiger partial charge is 0.270 e. The average molecular weight is 349 g/mol. The molecule has 3 rings (SSSR count). The molecule has 1 N–H and O–H groups in total. The molecule has 0 saturated heterocycles. The van der Waals surface area contributed by atoms with E-state index >= 15 is 0 Å². The zero-order valence-electron chi connectivity index (χ0n) is 16.3. The Morgan fingerprint density at radius 2 is 1.85 bits per heavy atom. The highest BCUT2D eigenvalue weighted by Crippen LogP contribution is 2.22. The van der Waals surface area contributed by atoms with E-state index in [1.165, 1.54) is 5.56 Å². The van der Waals surface area contributed by atoms with Crippen molar-refractivity contribution in [2.24, 2.45) is 0 Å². The number of carbonyl (C=O) groups is 1. The number of carbonyl (C=O) groups excluding carboxylic acids is 1. The predicted octanol–water partition coefficient (Wildman–Crippen LogP) is 4.43. The quantitative estimate of drug-likeness (QED) is 0.757. The molecule has 0 aliphatic carbocycles. The molecule has 4 nitrogen and oxygen atoms in total. The number of amides is 1. The van der Waals surface area contributed by atoms with Crippen molar-refractivity contribution in [3.63, 3.8) is 0 Å². The summed E-state index contributed by atoms with van der Waals surface area (Å²) < 4.78 is 1.88. The number of hydrogen-bond donors (Lipinski definition) is 1. The Kier molecular flexibility index (Phi) is 4.86. The van der Waals surface area contributed by atoms with Crippen LogP contribution in [0.25, 0.3) is 5.65 Å². The highest BCUT2D eigenvalue weighted by molar-refractivity contribution is 5.94. The highest BCUT2D eigenvalue weighted by atomic mass is 16.1. The van der Waals surface area contributed by atoms with Gasteiger partial charge in [0.1, 0.15) is 11.3 Å². The van der Waals surface area contributed by atoms with E-state index in [1.807, 2.05) is 36.6 Å². The van der Waals surface area contributed by atoms with Gasteiger partial charge in [0, 0.05) is 12.7 Å². The fourth-order valence-corrected chi connectivity index (χ4v) is 3.07. The van der Waals surface area contributed by atoms with Gasteiger partial charge in [0.05, 0.1) is 5.69 Å². The van der Waals surface area contributed by atoms with Crippen molar-refractivity contribution in [2.45, 2.75) is 53.0 Å². The summed E-state index contributed by atoms with van der Waals surface area (Å²) in [5.74, 6) is -0.0851. The topological polar surface area (TPSA) is 46.4 Å². The van der Waals surface area contributed by atoms with Crippen LogP contribution < -0.4 is 5.32 Å². The maximum atomic E-state index is 12.8.